The van der Waals surface area contributed by atoms with E-state index in [4.69, 9.17) is 9.47 Å². The number of fused-ring (bicyclic) bond motifs is 2. The van der Waals surface area contributed by atoms with Crippen LogP contribution in [0.5, 0.6) is 0 Å². The van der Waals surface area contributed by atoms with Crippen molar-refractivity contribution in [3.63, 3.8) is 0 Å². The lowest BCUT2D eigenvalue weighted by atomic mass is 9.93. The third-order valence-corrected chi connectivity index (χ3v) is 3.39. The van der Waals surface area contributed by atoms with Crippen LogP contribution in [0.2, 0.25) is 0 Å². The molecule has 3 atom stereocenters. The maximum atomic E-state index is 11.5. The number of esters is 1. The second-order valence-corrected chi connectivity index (χ2v) is 5.08. The maximum absolute atomic E-state index is 11.5. The Morgan fingerprint density at radius 2 is 2.26 bits per heavy atom. The molecule has 19 heavy (non-hydrogen) atoms. The van der Waals surface area contributed by atoms with Gasteiger partial charge in [-0.2, -0.15) is 0 Å². The lowest BCUT2D eigenvalue weighted by molar-refractivity contribution is -0.162. The van der Waals surface area contributed by atoms with Crippen molar-refractivity contribution in [3.8, 4) is 0 Å². The highest BCUT2D eigenvalue weighted by molar-refractivity contribution is 5.67. The second-order valence-electron chi connectivity index (χ2n) is 5.08. The molecule has 0 unspecified atom stereocenters. The van der Waals surface area contributed by atoms with Crippen LogP contribution in [-0.2, 0) is 19.0 Å². The van der Waals surface area contributed by atoms with Gasteiger partial charge in [0.2, 0.25) is 0 Å². The fraction of sp³-hybridized carbons (Fsp3) is 0.692. The van der Waals surface area contributed by atoms with E-state index in [1.807, 2.05) is 12.2 Å². The second kappa shape index (κ2) is 5.21. The van der Waals surface area contributed by atoms with Crippen LogP contribution in [0.4, 0.5) is 4.79 Å². The van der Waals surface area contributed by atoms with Crippen LogP contribution in [0.1, 0.15) is 19.8 Å². The molecule has 0 aromatic carbocycles. The molecule has 2 aliphatic rings. The Kier molecular flexibility index (Phi) is 3.80. The summed E-state index contributed by atoms with van der Waals surface area (Å²) in [6.07, 6.45) is 4.52. The third-order valence-electron chi connectivity index (χ3n) is 3.39. The van der Waals surface area contributed by atoms with Crippen LogP contribution in [0, 0.1) is 0 Å². The molecule has 0 radical (unpaired) electrons. The summed E-state index contributed by atoms with van der Waals surface area (Å²) in [5.41, 5.74) is -0.577. The van der Waals surface area contributed by atoms with Gasteiger partial charge >= 0.3 is 12.1 Å². The van der Waals surface area contributed by atoms with Gasteiger partial charge in [-0.1, -0.05) is 12.2 Å². The molecule has 0 aromatic heterocycles. The number of carbonyl (C=O) groups is 2. The summed E-state index contributed by atoms with van der Waals surface area (Å²) in [5.74, 6) is -0.289. The summed E-state index contributed by atoms with van der Waals surface area (Å²) < 4.78 is 15.9. The zero-order chi connectivity index (χ0) is 14.0. The summed E-state index contributed by atoms with van der Waals surface area (Å²) in [4.78, 5) is 24.0. The molecule has 0 saturated carbocycles. The topological polar surface area (TPSA) is 65.1 Å². The van der Waals surface area contributed by atoms with Crippen molar-refractivity contribution >= 4 is 12.1 Å². The van der Waals surface area contributed by atoms with Crippen LogP contribution < -0.4 is 0 Å². The summed E-state index contributed by atoms with van der Waals surface area (Å²) in [6.45, 7) is 1.78. The van der Waals surface area contributed by atoms with Gasteiger partial charge < -0.3 is 19.1 Å². The summed E-state index contributed by atoms with van der Waals surface area (Å²) in [6, 6.07) is 0. The fourth-order valence-corrected chi connectivity index (χ4v) is 2.73. The normalized spacial score (nSPS) is 31.9. The van der Waals surface area contributed by atoms with E-state index in [9.17, 15) is 9.59 Å². The van der Waals surface area contributed by atoms with Crippen molar-refractivity contribution in [2.24, 2.45) is 0 Å². The Hall–Kier alpha value is -1.56. The molecule has 1 saturated heterocycles. The summed E-state index contributed by atoms with van der Waals surface area (Å²) in [7, 11) is 2.99. The van der Waals surface area contributed by atoms with Crippen LogP contribution in [0.3, 0.4) is 0 Å². The van der Waals surface area contributed by atoms with E-state index >= 15 is 0 Å². The number of likely N-dealkylation sites (N-methyl/N-ethyl adjacent to an activating group) is 1. The maximum Gasteiger partial charge on any atom is 0.409 e. The van der Waals surface area contributed by atoms with Gasteiger partial charge in [-0.05, 0) is 0 Å². The monoisotopic (exact) mass is 269 g/mol. The van der Waals surface area contributed by atoms with E-state index in [2.05, 4.69) is 4.74 Å². The summed E-state index contributed by atoms with van der Waals surface area (Å²) in [5, 5.41) is 0. The van der Waals surface area contributed by atoms with E-state index in [1.54, 1.807) is 7.05 Å². The minimum atomic E-state index is -0.577. The first-order chi connectivity index (χ1) is 8.94. The largest absolute Gasteiger partial charge is 0.462 e. The predicted molar refractivity (Wildman–Crippen MR) is 66.6 cm³/mol. The fourth-order valence-electron chi connectivity index (χ4n) is 2.73. The molecule has 106 valence electrons. The third kappa shape index (κ3) is 3.07. The van der Waals surface area contributed by atoms with Crippen LogP contribution in [-0.4, -0.2) is 55.5 Å². The van der Waals surface area contributed by atoms with Crippen molar-refractivity contribution in [1.29, 1.82) is 0 Å². The highest BCUT2D eigenvalue weighted by atomic mass is 16.6. The molecule has 1 amide bonds. The molecular weight excluding hydrogens is 250 g/mol. The smallest absolute Gasteiger partial charge is 0.409 e. The number of rotatable bonds is 3. The number of hydrogen-bond donors (Lipinski definition) is 0. The number of carbonyl (C=O) groups excluding carboxylic acids is 2. The number of methoxy groups -OCH3 is 1. The lowest BCUT2D eigenvalue weighted by Crippen LogP contribution is -2.49. The highest BCUT2D eigenvalue weighted by Crippen LogP contribution is 2.38. The minimum absolute atomic E-state index is 0.0517. The Bertz CT molecular complexity index is 408. The van der Waals surface area contributed by atoms with Crippen LogP contribution in [0.25, 0.3) is 0 Å². The molecule has 6 heteroatoms. The van der Waals surface area contributed by atoms with Gasteiger partial charge in [0.1, 0.15) is 11.7 Å². The molecular formula is C13H19NO5. The van der Waals surface area contributed by atoms with Gasteiger partial charge in [0.15, 0.2) is 0 Å². The summed E-state index contributed by atoms with van der Waals surface area (Å²) >= 11 is 0. The van der Waals surface area contributed by atoms with Gasteiger partial charge in [-0.25, -0.2) is 4.79 Å². The van der Waals surface area contributed by atoms with Crippen LogP contribution in [0.15, 0.2) is 12.2 Å². The number of amides is 1. The van der Waals surface area contributed by atoms with E-state index in [1.165, 1.54) is 18.9 Å². The number of ether oxygens (including phenoxy) is 3. The molecule has 0 aliphatic carbocycles. The number of hydrogen-bond acceptors (Lipinski definition) is 5. The first-order valence-corrected chi connectivity index (χ1v) is 6.27. The van der Waals surface area contributed by atoms with E-state index in [0.29, 0.717) is 19.4 Å². The van der Waals surface area contributed by atoms with Crippen molar-refractivity contribution in [3.05, 3.63) is 12.2 Å². The minimum Gasteiger partial charge on any atom is -0.462 e. The van der Waals surface area contributed by atoms with Gasteiger partial charge in [-0.15, -0.1) is 0 Å². The van der Waals surface area contributed by atoms with Gasteiger partial charge in [-0.3, -0.25) is 4.79 Å². The quantitative estimate of drug-likeness (QED) is 0.567. The Morgan fingerprint density at radius 1 is 1.53 bits per heavy atom. The Balaban J connectivity index is 2.03. The van der Waals surface area contributed by atoms with Gasteiger partial charge in [0.05, 0.1) is 19.8 Å². The predicted octanol–water partition coefficient (Wildman–Crippen LogP) is 1.10. The van der Waals surface area contributed by atoms with E-state index in [0.717, 1.165) is 0 Å². The lowest BCUT2D eigenvalue weighted by Gasteiger charge is -2.39. The zero-order valence-corrected chi connectivity index (χ0v) is 11.4. The van der Waals surface area contributed by atoms with Crippen LogP contribution >= 0.6 is 0 Å². The SMILES string of the molecule is COC(=O)N(C)C[C@@]12C=C[C@H](C[C@H](OC(C)=O)C1)O2. The van der Waals surface area contributed by atoms with E-state index < -0.39 is 11.7 Å². The molecule has 6 nitrogen and oxygen atoms in total. The van der Waals surface area contributed by atoms with Crippen molar-refractivity contribution in [1.82, 2.24) is 4.90 Å². The molecule has 1 fully saturated rings. The Labute approximate surface area is 112 Å². The zero-order valence-electron chi connectivity index (χ0n) is 11.4. The highest BCUT2D eigenvalue weighted by Gasteiger charge is 2.45. The molecule has 2 rings (SSSR count). The van der Waals surface area contributed by atoms with E-state index in [-0.39, 0.29) is 18.2 Å². The number of nitrogens with zero attached hydrogens (tertiary/aromatic N) is 1. The Morgan fingerprint density at radius 3 is 2.89 bits per heavy atom. The molecule has 2 heterocycles. The standard InChI is InChI=1S/C13H19NO5/c1-9(15)18-11-6-10-4-5-13(7-11,19-10)8-14(2)12(16)17-3/h4-5,10-11H,6-8H2,1-3H3/t10-,11+,13-/m1/s1. The van der Waals surface area contributed by atoms with Gasteiger partial charge in [0.25, 0.3) is 0 Å². The van der Waals surface area contributed by atoms with Crippen molar-refractivity contribution in [2.45, 2.75) is 37.6 Å². The molecule has 0 aromatic rings. The first-order valence-electron chi connectivity index (χ1n) is 6.27. The average Bonchev–Trinajstić information content (AvgIpc) is 2.62. The van der Waals surface area contributed by atoms with Crippen molar-refractivity contribution < 1.29 is 23.8 Å². The first kappa shape index (κ1) is 13.9. The average molecular weight is 269 g/mol. The molecule has 2 bridgehead atoms. The molecule has 2 aliphatic heterocycles. The molecule has 0 N–H and O–H groups in total. The van der Waals surface area contributed by atoms with Crippen molar-refractivity contribution in [2.75, 3.05) is 20.7 Å². The van der Waals surface area contributed by atoms with Gasteiger partial charge in [0, 0.05) is 26.8 Å². The molecule has 0 spiro atoms.